The summed E-state index contributed by atoms with van der Waals surface area (Å²) >= 11 is 9.63. The summed E-state index contributed by atoms with van der Waals surface area (Å²) < 4.78 is 6.51. The molecule has 1 aromatic rings. The highest BCUT2D eigenvalue weighted by Gasteiger charge is 2.30. The number of ether oxygens (including phenoxy) is 1. The number of hydrogen-bond donors (Lipinski definition) is 1. The summed E-state index contributed by atoms with van der Waals surface area (Å²) in [6.45, 7) is 4.81. The van der Waals surface area contributed by atoms with E-state index >= 15 is 0 Å². The van der Waals surface area contributed by atoms with Crippen molar-refractivity contribution in [2.24, 2.45) is 11.7 Å². The van der Waals surface area contributed by atoms with Crippen LogP contribution in [0.4, 0.5) is 0 Å². The summed E-state index contributed by atoms with van der Waals surface area (Å²) in [4.78, 5) is 2.41. The molecule has 1 aromatic carbocycles. The SMILES string of the molecule is COC1CN(C(CN)c2ccc(Br)c(Cl)c2)CCC1C. The Morgan fingerprint density at radius 2 is 2.30 bits per heavy atom. The van der Waals surface area contributed by atoms with Gasteiger partial charge in [-0.1, -0.05) is 24.6 Å². The summed E-state index contributed by atoms with van der Waals surface area (Å²) in [6, 6.07) is 6.28. The first-order valence-electron chi connectivity index (χ1n) is 6.98. The van der Waals surface area contributed by atoms with Gasteiger partial charge in [-0.2, -0.15) is 0 Å². The van der Waals surface area contributed by atoms with Gasteiger partial charge in [0.1, 0.15) is 0 Å². The molecule has 0 radical (unpaired) electrons. The third-order valence-electron chi connectivity index (χ3n) is 4.22. The molecule has 5 heteroatoms. The summed E-state index contributed by atoms with van der Waals surface area (Å²) in [5.41, 5.74) is 7.18. The minimum absolute atomic E-state index is 0.200. The van der Waals surface area contributed by atoms with E-state index in [9.17, 15) is 0 Å². The normalized spacial score (nSPS) is 25.6. The second kappa shape index (κ2) is 7.23. The fourth-order valence-electron chi connectivity index (χ4n) is 2.86. The Morgan fingerprint density at radius 1 is 1.55 bits per heavy atom. The van der Waals surface area contributed by atoms with E-state index in [0.29, 0.717) is 12.5 Å². The Labute approximate surface area is 134 Å². The Hall–Kier alpha value is -0.130. The molecule has 0 aromatic heterocycles. The predicted molar refractivity (Wildman–Crippen MR) is 87.1 cm³/mol. The number of piperidine rings is 1. The third-order valence-corrected chi connectivity index (χ3v) is 5.45. The van der Waals surface area contributed by atoms with Crippen molar-refractivity contribution < 1.29 is 4.74 Å². The van der Waals surface area contributed by atoms with Crippen LogP contribution in [0.1, 0.15) is 24.9 Å². The molecule has 3 atom stereocenters. The van der Waals surface area contributed by atoms with Crippen molar-refractivity contribution in [1.29, 1.82) is 0 Å². The number of nitrogens with zero attached hydrogens (tertiary/aromatic N) is 1. The average molecular weight is 362 g/mol. The highest BCUT2D eigenvalue weighted by molar-refractivity contribution is 9.10. The molecule has 0 bridgehead atoms. The third kappa shape index (κ3) is 3.55. The van der Waals surface area contributed by atoms with Gasteiger partial charge in [-0.25, -0.2) is 0 Å². The summed E-state index contributed by atoms with van der Waals surface area (Å²) in [5, 5.41) is 0.731. The van der Waals surface area contributed by atoms with Gasteiger partial charge in [0.15, 0.2) is 0 Å². The zero-order valence-electron chi connectivity index (χ0n) is 12.0. The van der Waals surface area contributed by atoms with Gasteiger partial charge in [-0.05, 0) is 52.5 Å². The fraction of sp³-hybridized carbons (Fsp3) is 0.600. The lowest BCUT2D eigenvalue weighted by molar-refractivity contribution is -0.0183. The number of benzene rings is 1. The Kier molecular flexibility index (Phi) is 5.87. The van der Waals surface area contributed by atoms with E-state index in [1.54, 1.807) is 7.11 Å². The van der Waals surface area contributed by atoms with Gasteiger partial charge in [0.2, 0.25) is 0 Å². The molecule has 2 rings (SSSR count). The first-order valence-corrected chi connectivity index (χ1v) is 8.15. The van der Waals surface area contributed by atoms with Gasteiger partial charge in [-0.3, -0.25) is 4.90 Å². The van der Waals surface area contributed by atoms with Gasteiger partial charge in [0, 0.05) is 30.7 Å². The van der Waals surface area contributed by atoms with Gasteiger partial charge in [-0.15, -0.1) is 0 Å². The van der Waals surface area contributed by atoms with Crippen LogP contribution in [0.2, 0.25) is 5.02 Å². The van der Waals surface area contributed by atoms with Crippen molar-refractivity contribution in [3.63, 3.8) is 0 Å². The molecule has 1 aliphatic heterocycles. The van der Waals surface area contributed by atoms with E-state index in [1.165, 1.54) is 5.56 Å². The monoisotopic (exact) mass is 360 g/mol. The van der Waals surface area contributed by atoms with Crippen molar-refractivity contribution in [3.05, 3.63) is 33.3 Å². The van der Waals surface area contributed by atoms with E-state index in [0.717, 1.165) is 29.0 Å². The molecule has 1 fully saturated rings. The molecule has 1 heterocycles. The van der Waals surface area contributed by atoms with Gasteiger partial charge in [0.25, 0.3) is 0 Å². The quantitative estimate of drug-likeness (QED) is 0.892. The highest BCUT2D eigenvalue weighted by Crippen LogP contribution is 2.31. The fourth-order valence-corrected chi connectivity index (χ4v) is 3.30. The topological polar surface area (TPSA) is 38.5 Å². The van der Waals surface area contributed by atoms with Crippen LogP contribution >= 0.6 is 27.5 Å². The van der Waals surface area contributed by atoms with Crippen LogP contribution in [0.3, 0.4) is 0 Å². The van der Waals surface area contributed by atoms with E-state index in [-0.39, 0.29) is 12.1 Å². The number of methoxy groups -OCH3 is 1. The number of rotatable bonds is 4. The zero-order valence-corrected chi connectivity index (χ0v) is 14.3. The lowest BCUT2D eigenvalue weighted by Gasteiger charge is -2.40. The minimum atomic E-state index is 0.200. The van der Waals surface area contributed by atoms with Crippen LogP contribution in [-0.4, -0.2) is 37.7 Å². The molecule has 0 spiro atoms. The first-order chi connectivity index (χ1) is 9.56. The number of likely N-dealkylation sites (tertiary alicyclic amines) is 1. The molecule has 3 nitrogen and oxygen atoms in total. The second-order valence-corrected chi connectivity index (χ2v) is 6.72. The van der Waals surface area contributed by atoms with Gasteiger partial charge in [0.05, 0.1) is 11.1 Å². The lowest BCUT2D eigenvalue weighted by Crippen LogP contribution is -2.47. The molecule has 1 aliphatic rings. The largest absolute Gasteiger partial charge is 0.380 e. The molecule has 1 saturated heterocycles. The van der Waals surface area contributed by atoms with Crippen LogP contribution in [-0.2, 0) is 4.74 Å². The highest BCUT2D eigenvalue weighted by atomic mass is 79.9. The van der Waals surface area contributed by atoms with Crippen LogP contribution in [0.5, 0.6) is 0 Å². The Bertz CT molecular complexity index is 457. The first kappa shape index (κ1) is 16.2. The van der Waals surface area contributed by atoms with Crippen LogP contribution in [0.25, 0.3) is 0 Å². The van der Waals surface area contributed by atoms with E-state index in [2.05, 4.69) is 33.8 Å². The minimum Gasteiger partial charge on any atom is -0.380 e. The molecule has 0 saturated carbocycles. The maximum Gasteiger partial charge on any atom is 0.0724 e. The van der Waals surface area contributed by atoms with E-state index < -0.39 is 0 Å². The molecule has 0 aliphatic carbocycles. The molecule has 0 amide bonds. The van der Waals surface area contributed by atoms with E-state index in [1.807, 2.05) is 12.1 Å². The van der Waals surface area contributed by atoms with Crippen molar-refractivity contribution in [2.45, 2.75) is 25.5 Å². The Morgan fingerprint density at radius 3 is 2.90 bits per heavy atom. The number of hydrogen-bond acceptors (Lipinski definition) is 3. The molecule has 3 unspecified atom stereocenters. The van der Waals surface area contributed by atoms with Gasteiger partial charge >= 0.3 is 0 Å². The van der Waals surface area contributed by atoms with Crippen molar-refractivity contribution in [1.82, 2.24) is 4.90 Å². The smallest absolute Gasteiger partial charge is 0.0724 e. The maximum absolute atomic E-state index is 6.20. The lowest BCUT2D eigenvalue weighted by atomic mass is 9.93. The number of nitrogens with two attached hydrogens (primary N) is 1. The van der Waals surface area contributed by atoms with Crippen LogP contribution in [0.15, 0.2) is 22.7 Å². The van der Waals surface area contributed by atoms with Crippen molar-refractivity contribution >= 4 is 27.5 Å². The molecule has 2 N–H and O–H groups in total. The molecular weight excluding hydrogens is 340 g/mol. The van der Waals surface area contributed by atoms with Gasteiger partial charge < -0.3 is 10.5 Å². The van der Waals surface area contributed by atoms with Crippen molar-refractivity contribution in [2.75, 3.05) is 26.7 Å². The molecule has 20 heavy (non-hydrogen) atoms. The van der Waals surface area contributed by atoms with Crippen molar-refractivity contribution in [3.8, 4) is 0 Å². The zero-order chi connectivity index (χ0) is 14.7. The molecule has 112 valence electrons. The Balaban J connectivity index is 2.17. The summed E-state index contributed by atoms with van der Waals surface area (Å²) in [6.07, 6.45) is 1.42. The summed E-state index contributed by atoms with van der Waals surface area (Å²) in [7, 11) is 1.79. The maximum atomic E-state index is 6.20. The van der Waals surface area contributed by atoms with Crippen LogP contribution < -0.4 is 5.73 Å². The summed E-state index contributed by atoms with van der Waals surface area (Å²) in [5.74, 6) is 0.600. The van der Waals surface area contributed by atoms with Crippen LogP contribution in [0, 0.1) is 5.92 Å². The van der Waals surface area contributed by atoms with E-state index in [4.69, 9.17) is 22.1 Å². The molecular formula is C15H22BrClN2O. The number of halogens is 2. The predicted octanol–water partition coefficient (Wildman–Crippen LogP) is 3.46. The second-order valence-electron chi connectivity index (χ2n) is 5.46. The standard InChI is InChI=1S/C15H22BrClN2O/c1-10-5-6-19(9-15(10)20-2)14(8-18)11-3-4-12(16)13(17)7-11/h3-4,7,10,14-15H,5-6,8-9,18H2,1-2H3. The average Bonchev–Trinajstić information content (AvgIpc) is 2.45.